The molecule has 9 heteroatoms. The van der Waals surface area contributed by atoms with Crippen LogP contribution in [0.2, 0.25) is 5.02 Å². The molecule has 0 radical (unpaired) electrons. The van der Waals surface area contributed by atoms with E-state index in [9.17, 15) is 17.6 Å². The predicted molar refractivity (Wildman–Crippen MR) is 109 cm³/mol. The first-order valence-electron chi connectivity index (χ1n) is 9.13. The molecule has 1 N–H and O–H groups in total. The third-order valence-electron chi connectivity index (χ3n) is 5.01. The summed E-state index contributed by atoms with van der Waals surface area (Å²) in [6.45, 7) is 2.20. The van der Waals surface area contributed by atoms with Crippen molar-refractivity contribution >= 4 is 33.2 Å². The summed E-state index contributed by atoms with van der Waals surface area (Å²) < 4.78 is 45.8. The average Bonchev–Trinajstić information content (AvgIpc) is 2.70. The molecule has 1 saturated heterocycles. The van der Waals surface area contributed by atoms with E-state index in [0.29, 0.717) is 23.6 Å². The van der Waals surface area contributed by atoms with Crippen LogP contribution in [-0.2, 0) is 14.8 Å². The molecule has 1 amide bonds. The Morgan fingerprint density at radius 2 is 1.90 bits per heavy atom. The van der Waals surface area contributed by atoms with Crippen LogP contribution in [0.5, 0.6) is 5.75 Å². The standard InChI is InChI=1S/C20H22ClFN2O4S/c1-13-3-5-16(12-17(13)21)23-20(25)14-7-9-24(10-8-14)29(26,27)19-11-15(22)4-6-18(19)28-2/h3-6,11-12,14H,7-10H2,1-2H3,(H,23,25). The summed E-state index contributed by atoms with van der Waals surface area (Å²) in [5.41, 5.74) is 1.51. The minimum atomic E-state index is -3.93. The maximum atomic E-state index is 13.6. The molecule has 1 fully saturated rings. The number of sulfonamides is 1. The molecule has 0 spiro atoms. The van der Waals surface area contributed by atoms with Crippen LogP contribution >= 0.6 is 11.6 Å². The number of nitrogens with zero attached hydrogens (tertiary/aromatic N) is 1. The van der Waals surface area contributed by atoms with Crippen molar-refractivity contribution in [3.8, 4) is 5.75 Å². The second-order valence-electron chi connectivity index (χ2n) is 6.93. The van der Waals surface area contributed by atoms with E-state index in [-0.39, 0.29) is 35.6 Å². The number of amides is 1. The zero-order valence-electron chi connectivity index (χ0n) is 16.1. The fourth-order valence-corrected chi connectivity index (χ4v) is 5.08. The van der Waals surface area contributed by atoms with Crippen LogP contribution in [0.15, 0.2) is 41.3 Å². The monoisotopic (exact) mass is 440 g/mol. The van der Waals surface area contributed by atoms with E-state index in [1.54, 1.807) is 12.1 Å². The number of hydrogen-bond donors (Lipinski definition) is 1. The summed E-state index contributed by atoms with van der Waals surface area (Å²) in [6.07, 6.45) is 0.727. The van der Waals surface area contributed by atoms with Gasteiger partial charge < -0.3 is 10.1 Å². The number of halogens is 2. The molecule has 2 aromatic rings. The Bertz CT molecular complexity index is 1020. The van der Waals surface area contributed by atoms with Gasteiger partial charge in [-0.1, -0.05) is 17.7 Å². The molecule has 2 aromatic carbocycles. The van der Waals surface area contributed by atoms with E-state index in [1.165, 1.54) is 17.5 Å². The van der Waals surface area contributed by atoms with Crippen molar-refractivity contribution < 1.29 is 22.3 Å². The number of aryl methyl sites for hydroxylation is 1. The Morgan fingerprint density at radius 1 is 1.21 bits per heavy atom. The van der Waals surface area contributed by atoms with Gasteiger partial charge in [0.1, 0.15) is 16.5 Å². The van der Waals surface area contributed by atoms with Gasteiger partial charge in [0.15, 0.2) is 0 Å². The lowest BCUT2D eigenvalue weighted by Crippen LogP contribution is -2.41. The van der Waals surface area contributed by atoms with Crippen LogP contribution in [-0.4, -0.2) is 38.8 Å². The summed E-state index contributed by atoms with van der Waals surface area (Å²) >= 11 is 6.08. The van der Waals surface area contributed by atoms with E-state index in [4.69, 9.17) is 16.3 Å². The van der Waals surface area contributed by atoms with Crippen LogP contribution in [0.4, 0.5) is 10.1 Å². The second-order valence-corrected chi connectivity index (χ2v) is 9.24. The summed E-state index contributed by atoms with van der Waals surface area (Å²) in [6, 6.07) is 8.66. The predicted octanol–water partition coefficient (Wildman–Crippen LogP) is 3.84. The fourth-order valence-electron chi connectivity index (χ4n) is 3.26. The summed E-state index contributed by atoms with van der Waals surface area (Å²) in [4.78, 5) is 12.3. The quantitative estimate of drug-likeness (QED) is 0.766. The largest absolute Gasteiger partial charge is 0.495 e. The molecule has 0 saturated carbocycles. The van der Waals surface area contributed by atoms with E-state index in [2.05, 4.69) is 5.32 Å². The van der Waals surface area contributed by atoms with Gasteiger partial charge in [-0.25, -0.2) is 12.8 Å². The fraction of sp³-hybridized carbons (Fsp3) is 0.350. The molecule has 0 aromatic heterocycles. The maximum Gasteiger partial charge on any atom is 0.246 e. The highest BCUT2D eigenvalue weighted by atomic mass is 35.5. The van der Waals surface area contributed by atoms with Gasteiger partial charge in [-0.15, -0.1) is 0 Å². The lowest BCUT2D eigenvalue weighted by molar-refractivity contribution is -0.120. The Kier molecular flexibility index (Phi) is 6.45. The van der Waals surface area contributed by atoms with Crippen molar-refractivity contribution in [1.29, 1.82) is 0 Å². The van der Waals surface area contributed by atoms with Crippen LogP contribution in [0, 0.1) is 18.7 Å². The van der Waals surface area contributed by atoms with Crippen molar-refractivity contribution in [1.82, 2.24) is 4.31 Å². The molecule has 3 rings (SSSR count). The molecule has 1 aliphatic rings. The highest BCUT2D eigenvalue weighted by molar-refractivity contribution is 7.89. The number of hydrogen-bond acceptors (Lipinski definition) is 4. The smallest absolute Gasteiger partial charge is 0.246 e. The minimum Gasteiger partial charge on any atom is -0.495 e. The molecule has 1 aliphatic heterocycles. The van der Waals surface area contributed by atoms with Gasteiger partial charge in [-0.2, -0.15) is 4.31 Å². The minimum absolute atomic E-state index is 0.0857. The Labute approximate surface area is 174 Å². The third-order valence-corrected chi connectivity index (χ3v) is 7.33. The van der Waals surface area contributed by atoms with Crippen LogP contribution < -0.4 is 10.1 Å². The first kappa shape index (κ1) is 21.5. The van der Waals surface area contributed by atoms with E-state index < -0.39 is 15.8 Å². The topological polar surface area (TPSA) is 75.7 Å². The van der Waals surface area contributed by atoms with Crippen LogP contribution in [0.3, 0.4) is 0 Å². The van der Waals surface area contributed by atoms with E-state index in [0.717, 1.165) is 17.7 Å². The number of piperidine rings is 1. The number of anilines is 1. The van der Waals surface area contributed by atoms with Gasteiger partial charge in [0.25, 0.3) is 0 Å². The van der Waals surface area contributed by atoms with Gasteiger partial charge in [0.05, 0.1) is 7.11 Å². The molecule has 0 aliphatic carbocycles. The number of ether oxygens (including phenoxy) is 1. The number of rotatable bonds is 5. The Balaban J connectivity index is 1.67. The number of benzene rings is 2. The van der Waals surface area contributed by atoms with Gasteiger partial charge in [0, 0.05) is 29.7 Å². The molecular weight excluding hydrogens is 419 g/mol. The average molecular weight is 441 g/mol. The van der Waals surface area contributed by atoms with Crippen LogP contribution in [0.25, 0.3) is 0 Å². The molecule has 0 bridgehead atoms. The van der Waals surface area contributed by atoms with Crippen molar-refractivity contribution in [3.63, 3.8) is 0 Å². The maximum absolute atomic E-state index is 13.6. The summed E-state index contributed by atoms with van der Waals surface area (Å²) in [5, 5.41) is 3.39. The lowest BCUT2D eigenvalue weighted by Gasteiger charge is -2.31. The van der Waals surface area contributed by atoms with Crippen LogP contribution in [0.1, 0.15) is 18.4 Å². The van der Waals surface area contributed by atoms with Crippen molar-refractivity contribution in [2.75, 3.05) is 25.5 Å². The summed E-state index contributed by atoms with van der Waals surface area (Å²) in [5.74, 6) is -1.07. The molecule has 0 atom stereocenters. The molecule has 29 heavy (non-hydrogen) atoms. The number of methoxy groups -OCH3 is 1. The van der Waals surface area contributed by atoms with Gasteiger partial charge >= 0.3 is 0 Å². The number of carbonyl (C=O) groups is 1. The Hall–Kier alpha value is -2.16. The zero-order valence-corrected chi connectivity index (χ0v) is 17.7. The van der Waals surface area contributed by atoms with Crippen molar-refractivity contribution in [3.05, 3.63) is 52.8 Å². The SMILES string of the molecule is COc1ccc(F)cc1S(=O)(=O)N1CCC(C(=O)Nc2ccc(C)c(Cl)c2)CC1. The molecule has 156 valence electrons. The van der Waals surface area contributed by atoms with Gasteiger partial charge in [-0.05, 0) is 55.7 Å². The molecule has 6 nitrogen and oxygen atoms in total. The number of carbonyl (C=O) groups excluding carboxylic acids is 1. The Morgan fingerprint density at radius 3 is 2.52 bits per heavy atom. The normalized spacial score (nSPS) is 15.9. The first-order chi connectivity index (χ1) is 13.7. The lowest BCUT2D eigenvalue weighted by atomic mass is 9.97. The van der Waals surface area contributed by atoms with E-state index in [1.807, 2.05) is 13.0 Å². The van der Waals surface area contributed by atoms with Gasteiger partial charge in [0.2, 0.25) is 15.9 Å². The highest BCUT2D eigenvalue weighted by Crippen LogP contribution is 2.31. The molecule has 1 heterocycles. The van der Waals surface area contributed by atoms with Gasteiger partial charge in [-0.3, -0.25) is 4.79 Å². The number of nitrogens with one attached hydrogen (secondary N) is 1. The van der Waals surface area contributed by atoms with Crippen molar-refractivity contribution in [2.24, 2.45) is 5.92 Å². The molecular formula is C20H22ClFN2O4S. The third kappa shape index (κ3) is 4.71. The van der Waals surface area contributed by atoms with E-state index >= 15 is 0 Å². The molecule has 0 unspecified atom stereocenters. The highest BCUT2D eigenvalue weighted by Gasteiger charge is 2.34. The zero-order chi connectivity index (χ0) is 21.2. The summed E-state index contributed by atoms with van der Waals surface area (Å²) in [7, 11) is -2.59. The van der Waals surface area contributed by atoms with Crippen molar-refractivity contribution in [2.45, 2.75) is 24.7 Å². The second kappa shape index (κ2) is 8.69. The first-order valence-corrected chi connectivity index (χ1v) is 10.9.